The predicted molar refractivity (Wildman–Crippen MR) is 79.4 cm³/mol. The molecule has 0 radical (unpaired) electrons. The third kappa shape index (κ3) is 4.26. The number of hydrogen-bond donors (Lipinski definition) is 0. The first-order valence-electron chi connectivity index (χ1n) is 5.53. The zero-order valence-electron chi connectivity index (χ0n) is 10.7. The van der Waals surface area contributed by atoms with E-state index in [9.17, 15) is 4.79 Å². The van der Waals surface area contributed by atoms with Crippen LogP contribution in [0.5, 0.6) is 0 Å². The lowest BCUT2D eigenvalue weighted by molar-refractivity contribution is -0.143. The topological polar surface area (TPSA) is 35.5 Å². The van der Waals surface area contributed by atoms with Gasteiger partial charge in [0.25, 0.3) is 0 Å². The summed E-state index contributed by atoms with van der Waals surface area (Å²) in [6, 6.07) is 1.99. The second-order valence-corrected chi connectivity index (χ2v) is 7.52. The average molecular weight is 353 g/mol. The molecule has 0 aliphatic rings. The monoisotopic (exact) mass is 352 g/mol. The molecule has 0 bridgehead atoms. The Morgan fingerprint density at radius 2 is 2.28 bits per heavy atom. The Hall–Kier alpha value is -0.0400. The van der Waals surface area contributed by atoms with Gasteiger partial charge in [0, 0.05) is 18.2 Å². The van der Waals surface area contributed by atoms with Crippen LogP contribution in [0.15, 0.2) is 20.1 Å². The standard InChI is InChI=1S/C12H17BrO3S2/c1-12(11(14)16-3,6-4-7-15-2)18-10-9(13)5-8-17-10/h5,8H,4,6-7H2,1-3H3. The lowest BCUT2D eigenvalue weighted by Gasteiger charge is -2.25. The summed E-state index contributed by atoms with van der Waals surface area (Å²) in [5.41, 5.74) is 0. The normalized spacial score (nSPS) is 14.2. The predicted octanol–water partition coefficient (Wildman–Crippen LogP) is 3.96. The zero-order chi connectivity index (χ0) is 13.6. The van der Waals surface area contributed by atoms with E-state index in [2.05, 4.69) is 15.9 Å². The van der Waals surface area contributed by atoms with Gasteiger partial charge >= 0.3 is 5.97 Å². The van der Waals surface area contributed by atoms with E-state index in [4.69, 9.17) is 9.47 Å². The Morgan fingerprint density at radius 3 is 2.78 bits per heavy atom. The van der Waals surface area contributed by atoms with Gasteiger partial charge in [-0.1, -0.05) is 11.8 Å². The fourth-order valence-corrected chi connectivity index (χ4v) is 4.76. The van der Waals surface area contributed by atoms with Gasteiger partial charge in [0.1, 0.15) is 4.75 Å². The molecule has 0 saturated carbocycles. The summed E-state index contributed by atoms with van der Waals surface area (Å²) in [6.07, 6.45) is 1.56. The largest absolute Gasteiger partial charge is 0.468 e. The molecule has 0 saturated heterocycles. The number of thiophene rings is 1. The smallest absolute Gasteiger partial charge is 0.322 e. The van der Waals surface area contributed by atoms with E-state index >= 15 is 0 Å². The van der Waals surface area contributed by atoms with Crippen LogP contribution in [-0.2, 0) is 14.3 Å². The number of rotatable bonds is 7. The van der Waals surface area contributed by atoms with Gasteiger partial charge in [-0.3, -0.25) is 4.79 Å². The Morgan fingerprint density at radius 1 is 1.56 bits per heavy atom. The summed E-state index contributed by atoms with van der Waals surface area (Å²) < 4.78 is 11.5. The molecule has 0 fully saturated rings. The SMILES string of the molecule is COCCCC(C)(Sc1sccc1Br)C(=O)OC. The molecule has 18 heavy (non-hydrogen) atoms. The fraction of sp³-hybridized carbons (Fsp3) is 0.583. The van der Waals surface area contributed by atoms with Gasteiger partial charge in [-0.15, -0.1) is 11.3 Å². The fourth-order valence-electron chi connectivity index (χ4n) is 1.52. The van der Waals surface area contributed by atoms with Crippen molar-refractivity contribution < 1.29 is 14.3 Å². The first-order chi connectivity index (χ1) is 8.53. The number of thioether (sulfide) groups is 1. The van der Waals surface area contributed by atoms with E-state index in [-0.39, 0.29) is 5.97 Å². The van der Waals surface area contributed by atoms with Crippen LogP contribution in [0.25, 0.3) is 0 Å². The van der Waals surface area contributed by atoms with Crippen molar-refractivity contribution in [3.63, 3.8) is 0 Å². The number of carbonyl (C=O) groups excluding carboxylic acids is 1. The Kier molecular flexibility index (Phi) is 6.70. The Balaban J connectivity index is 2.77. The first kappa shape index (κ1) is 16.0. The number of hydrogen-bond acceptors (Lipinski definition) is 5. The molecule has 0 N–H and O–H groups in total. The second kappa shape index (κ2) is 7.53. The summed E-state index contributed by atoms with van der Waals surface area (Å²) in [4.78, 5) is 12.0. The van der Waals surface area contributed by atoms with Crippen molar-refractivity contribution >= 4 is 45.0 Å². The molecule has 3 nitrogen and oxygen atoms in total. The number of ether oxygens (including phenoxy) is 2. The quantitative estimate of drug-likeness (QED) is 0.422. The van der Waals surface area contributed by atoms with Crippen molar-refractivity contribution in [2.45, 2.75) is 28.7 Å². The van der Waals surface area contributed by atoms with Crippen LogP contribution < -0.4 is 0 Å². The van der Waals surface area contributed by atoms with Crippen molar-refractivity contribution in [2.24, 2.45) is 0 Å². The second-order valence-electron chi connectivity index (χ2n) is 3.98. The zero-order valence-corrected chi connectivity index (χ0v) is 13.9. The van der Waals surface area contributed by atoms with E-state index in [1.165, 1.54) is 7.11 Å². The maximum absolute atomic E-state index is 12.0. The number of methoxy groups -OCH3 is 2. The van der Waals surface area contributed by atoms with Gasteiger partial charge in [0.2, 0.25) is 0 Å². The van der Waals surface area contributed by atoms with Crippen molar-refractivity contribution in [3.05, 3.63) is 15.9 Å². The Bertz CT molecular complexity index is 394. The van der Waals surface area contributed by atoms with E-state index in [1.54, 1.807) is 30.2 Å². The maximum atomic E-state index is 12.0. The third-order valence-electron chi connectivity index (χ3n) is 2.52. The molecule has 1 aromatic rings. The van der Waals surface area contributed by atoms with Gasteiger partial charge < -0.3 is 9.47 Å². The summed E-state index contributed by atoms with van der Waals surface area (Å²) in [5, 5.41) is 2.00. The number of esters is 1. The first-order valence-corrected chi connectivity index (χ1v) is 8.02. The van der Waals surface area contributed by atoms with Crippen LogP contribution in [0.2, 0.25) is 0 Å². The minimum atomic E-state index is -0.569. The van der Waals surface area contributed by atoms with Crippen LogP contribution in [0.1, 0.15) is 19.8 Å². The lowest BCUT2D eigenvalue weighted by atomic mass is 10.1. The highest BCUT2D eigenvalue weighted by Crippen LogP contribution is 2.43. The summed E-state index contributed by atoms with van der Waals surface area (Å²) in [5.74, 6) is -0.191. The van der Waals surface area contributed by atoms with Crippen molar-refractivity contribution in [2.75, 3.05) is 20.8 Å². The Labute approximate surface area is 124 Å². The van der Waals surface area contributed by atoms with Crippen LogP contribution in [-0.4, -0.2) is 31.5 Å². The maximum Gasteiger partial charge on any atom is 0.322 e. The van der Waals surface area contributed by atoms with Gasteiger partial charge in [-0.25, -0.2) is 0 Å². The molecular weight excluding hydrogens is 336 g/mol. The summed E-state index contributed by atoms with van der Waals surface area (Å²) in [7, 11) is 3.10. The van der Waals surface area contributed by atoms with Gasteiger partial charge in [-0.2, -0.15) is 0 Å². The summed E-state index contributed by atoms with van der Waals surface area (Å²) >= 11 is 6.65. The number of halogens is 1. The van der Waals surface area contributed by atoms with E-state index in [1.807, 2.05) is 18.4 Å². The minimum Gasteiger partial charge on any atom is -0.468 e. The molecule has 1 aromatic heterocycles. The molecule has 1 rings (SSSR count). The number of carbonyl (C=O) groups is 1. The van der Waals surface area contributed by atoms with Gasteiger partial charge in [0.05, 0.1) is 11.3 Å². The molecular formula is C12H17BrO3S2. The molecule has 0 spiro atoms. The molecule has 1 atom stereocenters. The van der Waals surface area contributed by atoms with E-state index in [0.717, 1.165) is 21.5 Å². The highest BCUT2D eigenvalue weighted by molar-refractivity contribution is 9.10. The van der Waals surface area contributed by atoms with Crippen molar-refractivity contribution in [1.29, 1.82) is 0 Å². The van der Waals surface area contributed by atoms with Crippen LogP contribution in [0.4, 0.5) is 0 Å². The molecule has 1 unspecified atom stereocenters. The minimum absolute atomic E-state index is 0.191. The lowest BCUT2D eigenvalue weighted by Crippen LogP contribution is -2.33. The summed E-state index contributed by atoms with van der Waals surface area (Å²) in [6.45, 7) is 2.57. The van der Waals surface area contributed by atoms with Crippen molar-refractivity contribution in [1.82, 2.24) is 0 Å². The third-order valence-corrected chi connectivity index (χ3v) is 6.18. The average Bonchev–Trinajstić information content (AvgIpc) is 2.74. The highest BCUT2D eigenvalue weighted by Gasteiger charge is 2.36. The van der Waals surface area contributed by atoms with Crippen molar-refractivity contribution in [3.8, 4) is 0 Å². The van der Waals surface area contributed by atoms with E-state index < -0.39 is 4.75 Å². The van der Waals surface area contributed by atoms with Gasteiger partial charge in [-0.05, 0) is 47.1 Å². The molecule has 0 amide bonds. The van der Waals surface area contributed by atoms with Gasteiger partial charge in [0.15, 0.2) is 0 Å². The van der Waals surface area contributed by atoms with E-state index in [0.29, 0.717) is 6.61 Å². The molecule has 0 aliphatic heterocycles. The van der Waals surface area contributed by atoms with Crippen LogP contribution in [0.3, 0.4) is 0 Å². The molecule has 0 aromatic carbocycles. The molecule has 0 aliphatic carbocycles. The molecule has 102 valence electrons. The highest BCUT2D eigenvalue weighted by atomic mass is 79.9. The van der Waals surface area contributed by atoms with Crippen LogP contribution in [0, 0.1) is 0 Å². The van der Waals surface area contributed by atoms with Crippen LogP contribution >= 0.6 is 39.0 Å². The molecule has 6 heteroatoms. The molecule has 1 heterocycles.